The molecule has 112 valence electrons. The number of nitrogens with zero attached hydrogens (tertiary/aromatic N) is 1. The normalized spacial score (nSPS) is 18.2. The van der Waals surface area contributed by atoms with E-state index in [9.17, 15) is 0 Å². The van der Waals surface area contributed by atoms with Crippen LogP contribution in [0.15, 0.2) is 24.3 Å². The molecular formula is C18H30N2. The van der Waals surface area contributed by atoms with Gasteiger partial charge < -0.3 is 10.2 Å². The van der Waals surface area contributed by atoms with Gasteiger partial charge >= 0.3 is 0 Å². The van der Waals surface area contributed by atoms with Crippen LogP contribution in [0.25, 0.3) is 0 Å². The van der Waals surface area contributed by atoms with Gasteiger partial charge in [-0.3, -0.25) is 0 Å². The van der Waals surface area contributed by atoms with Crippen LogP contribution in [0.3, 0.4) is 0 Å². The summed E-state index contributed by atoms with van der Waals surface area (Å²) in [7, 11) is 2.28. The van der Waals surface area contributed by atoms with Gasteiger partial charge in [0.05, 0.1) is 0 Å². The summed E-state index contributed by atoms with van der Waals surface area (Å²) < 4.78 is 0. The summed E-state index contributed by atoms with van der Waals surface area (Å²) in [6.07, 6.45) is 4.02. The van der Waals surface area contributed by atoms with Crippen LogP contribution < -0.4 is 5.32 Å². The monoisotopic (exact) mass is 274 g/mol. The fourth-order valence-electron chi connectivity index (χ4n) is 2.80. The van der Waals surface area contributed by atoms with E-state index >= 15 is 0 Å². The van der Waals surface area contributed by atoms with Crippen molar-refractivity contribution in [2.45, 2.75) is 52.1 Å². The van der Waals surface area contributed by atoms with Crippen molar-refractivity contribution in [3.05, 3.63) is 35.4 Å². The van der Waals surface area contributed by atoms with E-state index in [1.165, 1.54) is 30.4 Å². The lowest BCUT2D eigenvalue weighted by Crippen LogP contribution is -2.39. The van der Waals surface area contributed by atoms with Crippen molar-refractivity contribution < 1.29 is 0 Å². The molecule has 2 atom stereocenters. The zero-order valence-electron chi connectivity index (χ0n) is 13.5. The largest absolute Gasteiger partial charge is 0.309 e. The molecule has 2 nitrogen and oxygen atoms in total. The Morgan fingerprint density at radius 3 is 2.45 bits per heavy atom. The molecule has 1 aliphatic rings. The highest BCUT2D eigenvalue weighted by atomic mass is 15.2. The first-order valence-corrected chi connectivity index (χ1v) is 8.12. The highest BCUT2D eigenvalue weighted by Crippen LogP contribution is 2.35. The predicted octanol–water partition coefficient (Wildman–Crippen LogP) is 3.77. The summed E-state index contributed by atoms with van der Waals surface area (Å²) in [5, 5.41) is 3.71. The maximum absolute atomic E-state index is 3.71. The second-order valence-corrected chi connectivity index (χ2v) is 6.44. The molecule has 20 heavy (non-hydrogen) atoms. The van der Waals surface area contributed by atoms with Crippen LogP contribution in [-0.4, -0.2) is 31.1 Å². The second-order valence-electron chi connectivity index (χ2n) is 6.44. The van der Waals surface area contributed by atoms with Crippen LogP contribution in [0.1, 0.15) is 50.3 Å². The Morgan fingerprint density at radius 2 is 1.90 bits per heavy atom. The van der Waals surface area contributed by atoms with Crippen LogP contribution in [0.5, 0.6) is 0 Å². The summed E-state index contributed by atoms with van der Waals surface area (Å²) in [6.45, 7) is 8.95. The summed E-state index contributed by atoms with van der Waals surface area (Å²) in [4.78, 5) is 2.53. The van der Waals surface area contributed by atoms with E-state index in [4.69, 9.17) is 0 Å². The average Bonchev–Trinajstić information content (AvgIpc) is 3.28. The summed E-state index contributed by atoms with van der Waals surface area (Å²) >= 11 is 0. The molecule has 0 aliphatic heterocycles. The third kappa shape index (κ3) is 4.32. The third-order valence-corrected chi connectivity index (χ3v) is 4.59. The highest BCUT2D eigenvalue weighted by Gasteiger charge is 2.31. The average molecular weight is 274 g/mol. The molecule has 0 heterocycles. The molecule has 0 saturated heterocycles. The molecule has 1 aromatic rings. The summed E-state index contributed by atoms with van der Waals surface area (Å²) in [6, 6.07) is 10.2. The number of rotatable bonds is 8. The van der Waals surface area contributed by atoms with E-state index in [-0.39, 0.29) is 0 Å². The van der Waals surface area contributed by atoms with Gasteiger partial charge in [0, 0.05) is 18.6 Å². The van der Waals surface area contributed by atoms with Gasteiger partial charge in [-0.2, -0.15) is 0 Å². The number of hydrogen-bond acceptors (Lipinski definition) is 2. The maximum atomic E-state index is 3.71. The van der Waals surface area contributed by atoms with E-state index in [1.807, 2.05) is 0 Å². The molecule has 0 spiro atoms. The third-order valence-electron chi connectivity index (χ3n) is 4.59. The summed E-state index contributed by atoms with van der Waals surface area (Å²) in [5.74, 6) is 0.935. The van der Waals surface area contributed by atoms with Crippen molar-refractivity contribution >= 4 is 0 Å². The molecule has 1 aromatic carbocycles. The maximum Gasteiger partial charge on any atom is 0.0449 e. The van der Waals surface area contributed by atoms with Crippen LogP contribution >= 0.6 is 0 Å². The standard InChI is InChI=1S/C18H30N2/c1-5-12-19-18(17-8-6-14(2)7-9-17)13-20(4)15(3)16-10-11-16/h6-9,15-16,18-19H,5,10-13H2,1-4H3. The number of likely N-dealkylation sites (N-methyl/N-ethyl adjacent to an activating group) is 1. The van der Waals surface area contributed by atoms with Crippen molar-refractivity contribution in [2.75, 3.05) is 20.1 Å². The first-order chi connectivity index (χ1) is 9.61. The van der Waals surface area contributed by atoms with E-state index in [0.717, 1.165) is 19.0 Å². The SMILES string of the molecule is CCCNC(CN(C)C(C)C1CC1)c1ccc(C)cc1. The Kier molecular flexibility index (Phi) is 5.62. The van der Waals surface area contributed by atoms with E-state index in [1.54, 1.807) is 0 Å². The molecule has 0 amide bonds. The van der Waals surface area contributed by atoms with Crippen molar-refractivity contribution in [1.82, 2.24) is 10.2 Å². The zero-order valence-corrected chi connectivity index (χ0v) is 13.5. The van der Waals surface area contributed by atoms with Gasteiger partial charge in [-0.15, -0.1) is 0 Å². The first kappa shape index (κ1) is 15.5. The van der Waals surface area contributed by atoms with Crippen molar-refractivity contribution in [2.24, 2.45) is 5.92 Å². The van der Waals surface area contributed by atoms with Gasteiger partial charge in [-0.25, -0.2) is 0 Å². The molecular weight excluding hydrogens is 244 g/mol. The van der Waals surface area contributed by atoms with Gasteiger partial charge in [0.15, 0.2) is 0 Å². The smallest absolute Gasteiger partial charge is 0.0449 e. The Hall–Kier alpha value is -0.860. The fraction of sp³-hybridized carbons (Fsp3) is 0.667. The van der Waals surface area contributed by atoms with Gasteiger partial charge in [-0.05, 0) is 58.2 Å². The van der Waals surface area contributed by atoms with Crippen molar-refractivity contribution in [3.63, 3.8) is 0 Å². The number of hydrogen-bond donors (Lipinski definition) is 1. The van der Waals surface area contributed by atoms with E-state index in [0.29, 0.717) is 12.1 Å². The van der Waals surface area contributed by atoms with E-state index in [2.05, 4.69) is 62.3 Å². The fourth-order valence-corrected chi connectivity index (χ4v) is 2.80. The Morgan fingerprint density at radius 1 is 1.25 bits per heavy atom. The Labute approximate surface area is 124 Å². The lowest BCUT2D eigenvalue weighted by Gasteiger charge is -2.30. The lowest BCUT2D eigenvalue weighted by atomic mass is 10.0. The molecule has 2 unspecified atom stereocenters. The first-order valence-electron chi connectivity index (χ1n) is 8.12. The second kappa shape index (κ2) is 7.24. The Balaban J connectivity index is 2.00. The lowest BCUT2D eigenvalue weighted by molar-refractivity contribution is 0.210. The zero-order chi connectivity index (χ0) is 14.5. The molecule has 1 saturated carbocycles. The van der Waals surface area contributed by atoms with Gasteiger partial charge in [-0.1, -0.05) is 36.8 Å². The molecule has 1 N–H and O–H groups in total. The highest BCUT2D eigenvalue weighted by molar-refractivity contribution is 5.24. The van der Waals surface area contributed by atoms with Crippen LogP contribution in [0.2, 0.25) is 0 Å². The van der Waals surface area contributed by atoms with Gasteiger partial charge in [0.1, 0.15) is 0 Å². The predicted molar refractivity (Wildman–Crippen MR) is 87.0 cm³/mol. The number of benzene rings is 1. The number of aryl methyl sites for hydroxylation is 1. The van der Waals surface area contributed by atoms with Crippen molar-refractivity contribution in [3.8, 4) is 0 Å². The molecule has 2 rings (SSSR count). The minimum atomic E-state index is 0.446. The molecule has 1 fully saturated rings. The summed E-state index contributed by atoms with van der Waals surface area (Å²) in [5.41, 5.74) is 2.75. The molecule has 0 bridgehead atoms. The molecule has 0 radical (unpaired) electrons. The van der Waals surface area contributed by atoms with Crippen LogP contribution in [0, 0.1) is 12.8 Å². The van der Waals surface area contributed by atoms with Crippen LogP contribution in [0.4, 0.5) is 0 Å². The van der Waals surface area contributed by atoms with Gasteiger partial charge in [0.2, 0.25) is 0 Å². The number of nitrogens with one attached hydrogen (secondary N) is 1. The minimum absolute atomic E-state index is 0.446. The van der Waals surface area contributed by atoms with Crippen LogP contribution in [-0.2, 0) is 0 Å². The van der Waals surface area contributed by atoms with E-state index < -0.39 is 0 Å². The Bertz CT molecular complexity index is 394. The topological polar surface area (TPSA) is 15.3 Å². The van der Waals surface area contributed by atoms with Crippen molar-refractivity contribution in [1.29, 1.82) is 0 Å². The minimum Gasteiger partial charge on any atom is -0.309 e. The van der Waals surface area contributed by atoms with Gasteiger partial charge in [0.25, 0.3) is 0 Å². The molecule has 1 aliphatic carbocycles. The molecule has 2 heteroatoms. The molecule has 0 aromatic heterocycles. The quantitative estimate of drug-likeness (QED) is 0.776.